The van der Waals surface area contributed by atoms with Crippen molar-refractivity contribution in [1.82, 2.24) is 15.0 Å². The summed E-state index contributed by atoms with van der Waals surface area (Å²) in [5.74, 6) is -0.406. The number of nitro benzene ring substituents is 1. The van der Waals surface area contributed by atoms with Crippen molar-refractivity contribution in [1.29, 1.82) is 0 Å². The molecule has 2 N–H and O–H groups in total. The van der Waals surface area contributed by atoms with Crippen LogP contribution in [-0.4, -0.2) is 31.9 Å². The Morgan fingerprint density at radius 2 is 2.00 bits per heavy atom. The predicted octanol–water partition coefficient (Wildman–Crippen LogP) is 4.15. The summed E-state index contributed by atoms with van der Waals surface area (Å²) in [5, 5.41) is 14.3. The van der Waals surface area contributed by atoms with Gasteiger partial charge in [0.25, 0.3) is 11.2 Å². The average Bonchev–Trinajstić information content (AvgIpc) is 2.82. The third-order valence-corrected chi connectivity index (χ3v) is 6.27. The van der Waals surface area contributed by atoms with Gasteiger partial charge in [0.2, 0.25) is 0 Å². The molecule has 0 bridgehead atoms. The van der Waals surface area contributed by atoms with Gasteiger partial charge in [-0.25, -0.2) is 9.78 Å². The number of hydrogen-bond acceptors (Lipinski definition) is 9. The van der Waals surface area contributed by atoms with Crippen LogP contribution in [0.2, 0.25) is 0 Å². The number of nitro groups is 1. The van der Waals surface area contributed by atoms with Crippen molar-refractivity contribution >= 4 is 29.2 Å². The topological polar surface area (TPSA) is 140 Å². The molecule has 0 saturated heterocycles. The van der Waals surface area contributed by atoms with Crippen LogP contribution >= 0.6 is 11.8 Å². The smallest absolute Gasteiger partial charge is 0.337 e. The number of nitrogens with zero attached hydrogens (tertiary/aromatic N) is 3. The first-order valence-corrected chi connectivity index (χ1v) is 11.8. The van der Waals surface area contributed by atoms with Gasteiger partial charge >= 0.3 is 5.97 Å². The zero-order chi connectivity index (χ0) is 25.1. The second-order valence-electron chi connectivity index (χ2n) is 8.18. The summed E-state index contributed by atoms with van der Waals surface area (Å²) >= 11 is 1.29. The molecule has 0 radical (unpaired) electrons. The lowest BCUT2D eigenvalue weighted by Gasteiger charge is -2.29. The zero-order valence-electron chi connectivity index (χ0n) is 19.3. The number of nitrogens with one attached hydrogen (secondary N) is 2. The molecular formula is C24H23N5O5S. The van der Waals surface area contributed by atoms with Crippen LogP contribution < -0.4 is 10.9 Å². The maximum Gasteiger partial charge on any atom is 0.337 e. The van der Waals surface area contributed by atoms with Crippen molar-refractivity contribution in [2.75, 3.05) is 5.32 Å². The van der Waals surface area contributed by atoms with E-state index in [0.717, 1.165) is 5.56 Å². The van der Waals surface area contributed by atoms with E-state index in [1.807, 2.05) is 0 Å². The highest BCUT2D eigenvalue weighted by atomic mass is 32.2. The second-order valence-corrected chi connectivity index (χ2v) is 9.15. The van der Waals surface area contributed by atoms with Crippen LogP contribution in [0.1, 0.15) is 43.4 Å². The Labute approximate surface area is 205 Å². The lowest BCUT2D eigenvalue weighted by atomic mass is 9.83. The fraction of sp³-hybridized carbons (Fsp3) is 0.250. The minimum Gasteiger partial charge on any atom is -0.460 e. The standard InChI is InChI=1S/C24H23N5O5S/c1-13(2)34-23(31)18-14(3)26-21-20(19(18)16-5-4-10-25-11-16)22(30)28-24(27-21)35-12-15-6-8-17(9-7-15)29(32)33/h4-11,13,19H,12H2,1-3H3,(H2,26,27,28,30)/t19-/m0/s1. The summed E-state index contributed by atoms with van der Waals surface area (Å²) in [4.78, 5) is 48.2. The third-order valence-electron chi connectivity index (χ3n) is 5.32. The quantitative estimate of drug-likeness (QED) is 0.163. The summed E-state index contributed by atoms with van der Waals surface area (Å²) in [7, 11) is 0. The van der Waals surface area contributed by atoms with Crippen LogP contribution in [0.25, 0.3) is 0 Å². The number of fused-ring (bicyclic) bond motifs is 1. The molecule has 0 aliphatic carbocycles. The highest BCUT2D eigenvalue weighted by Crippen LogP contribution is 2.40. The van der Waals surface area contributed by atoms with Gasteiger partial charge in [-0.15, -0.1) is 0 Å². The number of aromatic amines is 1. The first-order chi connectivity index (χ1) is 16.7. The van der Waals surface area contributed by atoms with E-state index in [2.05, 4.69) is 20.3 Å². The molecule has 3 aromatic rings. The van der Waals surface area contributed by atoms with E-state index in [0.29, 0.717) is 39.1 Å². The van der Waals surface area contributed by atoms with Gasteiger partial charge < -0.3 is 15.0 Å². The summed E-state index contributed by atoms with van der Waals surface area (Å²) in [6, 6.07) is 9.75. The maximum absolute atomic E-state index is 13.3. The lowest BCUT2D eigenvalue weighted by molar-refractivity contribution is -0.384. The Hall–Kier alpha value is -3.99. The van der Waals surface area contributed by atoms with Gasteiger partial charge in [0.1, 0.15) is 5.82 Å². The Morgan fingerprint density at radius 3 is 2.63 bits per heavy atom. The average molecular weight is 494 g/mol. The van der Waals surface area contributed by atoms with Crippen molar-refractivity contribution in [3.05, 3.63) is 97.2 Å². The molecule has 0 spiro atoms. The minimum atomic E-state index is -0.698. The number of hydrogen-bond donors (Lipinski definition) is 2. The largest absolute Gasteiger partial charge is 0.460 e. The third kappa shape index (κ3) is 5.24. The Balaban J connectivity index is 1.68. The molecule has 1 atom stereocenters. The Morgan fingerprint density at radius 1 is 1.26 bits per heavy atom. The van der Waals surface area contributed by atoms with Crippen LogP contribution in [-0.2, 0) is 15.3 Å². The van der Waals surface area contributed by atoms with Gasteiger partial charge in [-0.3, -0.25) is 19.9 Å². The number of thioether (sulfide) groups is 1. The van der Waals surface area contributed by atoms with Gasteiger partial charge in [-0.05, 0) is 38.0 Å². The van der Waals surface area contributed by atoms with Crippen molar-refractivity contribution < 1.29 is 14.5 Å². The molecule has 0 saturated carbocycles. The highest BCUT2D eigenvalue weighted by Gasteiger charge is 2.36. The predicted molar refractivity (Wildman–Crippen MR) is 131 cm³/mol. The van der Waals surface area contributed by atoms with E-state index in [-0.39, 0.29) is 17.4 Å². The Bertz CT molecular complexity index is 1350. The molecule has 0 amide bonds. The molecule has 3 heterocycles. The number of pyridine rings is 1. The zero-order valence-corrected chi connectivity index (χ0v) is 20.1. The first-order valence-electron chi connectivity index (χ1n) is 10.8. The lowest BCUT2D eigenvalue weighted by Crippen LogP contribution is -2.31. The molecule has 1 aromatic carbocycles. The van der Waals surface area contributed by atoms with Crippen molar-refractivity contribution in [3.63, 3.8) is 0 Å². The number of carbonyl (C=O) groups is 1. The molecular weight excluding hydrogens is 470 g/mol. The molecule has 0 unspecified atom stereocenters. The van der Waals surface area contributed by atoms with Crippen LogP contribution in [0, 0.1) is 10.1 Å². The molecule has 180 valence electrons. The van der Waals surface area contributed by atoms with Gasteiger partial charge in [0, 0.05) is 36.0 Å². The summed E-state index contributed by atoms with van der Waals surface area (Å²) in [6.07, 6.45) is 2.91. The van der Waals surface area contributed by atoms with Crippen molar-refractivity contribution in [3.8, 4) is 0 Å². The molecule has 10 nitrogen and oxygen atoms in total. The number of non-ortho nitro benzene ring substituents is 1. The Kier molecular flexibility index (Phi) is 6.97. The summed E-state index contributed by atoms with van der Waals surface area (Å²) < 4.78 is 5.47. The van der Waals surface area contributed by atoms with Crippen LogP contribution in [0.5, 0.6) is 0 Å². The first kappa shape index (κ1) is 24.1. The van der Waals surface area contributed by atoms with Gasteiger partial charge in [-0.1, -0.05) is 30.0 Å². The van der Waals surface area contributed by atoms with Crippen LogP contribution in [0.4, 0.5) is 11.5 Å². The monoisotopic (exact) mass is 493 g/mol. The van der Waals surface area contributed by atoms with E-state index >= 15 is 0 Å². The summed E-state index contributed by atoms with van der Waals surface area (Å²) in [6.45, 7) is 5.27. The number of benzene rings is 1. The van der Waals surface area contributed by atoms with Gasteiger partial charge in [-0.2, -0.15) is 0 Å². The molecule has 4 rings (SSSR count). The molecule has 35 heavy (non-hydrogen) atoms. The number of carbonyl (C=O) groups excluding carboxylic acids is 1. The molecule has 0 fully saturated rings. The van der Waals surface area contributed by atoms with Gasteiger partial charge in [0.15, 0.2) is 5.16 Å². The number of ether oxygens (including phenoxy) is 1. The number of allylic oxidation sites excluding steroid dienone is 1. The van der Waals surface area contributed by atoms with E-state index in [1.54, 1.807) is 57.4 Å². The van der Waals surface area contributed by atoms with Gasteiger partial charge in [0.05, 0.1) is 28.1 Å². The van der Waals surface area contributed by atoms with E-state index in [1.165, 1.54) is 23.9 Å². The fourth-order valence-corrected chi connectivity index (χ4v) is 4.61. The van der Waals surface area contributed by atoms with E-state index in [4.69, 9.17) is 4.74 Å². The van der Waals surface area contributed by atoms with Crippen LogP contribution in [0.3, 0.4) is 0 Å². The molecule has 11 heteroatoms. The highest BCUT2D eigenvalue weighted by molar-refractivity contribution is 7.98. The fourth-order valence-electron chi connectivity index (χ4n) is 3.79. The second kappa shape index (κ2) is 10.1. The number of rotatable bonds is 7. The van der Waals surface area contributed by atoms with Crippen LogP contribution in [0.15, 0.2) is 70.0 Å². The normalized spacial score (nSPS) is 14.9. The number of esters is 1. The minimum absolute atomic E-state index is 0.0127. The number of aromatic nitrogens is 3. The van der Waals surface area contributed by atoms with Crippen molar-refractivity contribution in [2.24, 2.45) is 0 Å². The summed E-state index contributed by atoms with van der Waals surface area (Å²) in [5.41, 5.74) is 2.32. The van der Waals surface area contributed by atoms with Crippen molar-refractivity contribution in [2.45, 2.75) is 43.7 Å². The molecule has 1 aliphatic heterocycles. The molecule has 1 aliphatic rings. The van der Waals surface area contributed by atoms with E-state index in [9.17, 15) is 19.7 Å². The SMILES string of the molecule is CC1=C(C(=O)OC(C)C)[C@H](c2cccnc2)c2c(nc(SCc3ccc([N+](=O)[O-])cc3)[nH]c2=O)N1. The van der Waals surface area contributed by atoms with E-state index < -0.39 is 16.8 Å². The number of H-pyrrole nitrogens is 1. The number of anilines is 1. The maximum atomic E-state index is 13.3. The molecule has 2 aromatic heterocycles.